The first-order valence-electron chi connectivity index (χ1n) is 9.15. The fourth-order valence-corrected chi connectivity index (χ4v) is 4.02. The number of nitrogens with one attached hydrogen (secondary N) is 2. The summed E-state index contributed by atoms with van der Waals surface area (Å²) >= 11 is 0. The quantitative estimate of drug-likeness (QED) is 0.883. The molecule has 0 aromatic carbocycles. The van der Waals surface area contributed by atoms with Gasteiger partial charge in [-0.3, -0.25) is 14.6 Å². The van der Waals surface area contributed by atoms with Crippen LogP contribution in [0.5, 0.6) is 0 Å². The van der Waals surface area contributed by atoms with Gasteiger partial charge in [-0.1, -0.05) is 0 Å². The van der Waals surface area contributed by atoms with E-state index in [0.29, 0.717) is 25.3 Å². The number of aromatic nitrogens is 2. The summed E-state index contributed by atoms with van der Waals surface area (Å²) in [5.74, 6) is 0.214. The van der Waals surface area contributed by atoms with Gasteiger partial charge in [0.2, 0.25) is 0 Å². The molecule has 0 unspecified atom stereocenters. The summed E-state index contributed by atoms with van der Waals surface area (Å²) in [5, 5.41) is 3.11. The van der Waals surface area contributed by atoms with E-state index < -0.39 is 0 Å². The van der Waals surface area contributed by atoms with Gasteiger partial charge in [0.25, 0.3) is 5.91 Å². The number of hydrogen-bond acceptors (Lipinski definition) is 4. The van der Waals surface area contributed by atoms with E-state index in [0.717, 1.165) is 36.1 Å². The molecule has 2 aromatic heterocycles. The Morgan fingerprint density at radius 3 is 2.88 bits per heavy atom. The molecule has 6 nitrogen and oxygen atoms in total. The molecule has 136 valence electrons. The Kier molecular flexibility index (Phi) is 4.59. The number of fused-ring (bicyclic) bond motifs is 1. The second-order valence-corrected chi connectivity index (χ2v) is 7.19. The summed E-state index contributed by atoms with van der Waals surface area (Å²) in [5.41, 5.74) is 4.09. The van der Waals surface area contributed by atoms with Crippen LogP contribution in [0.4, 0.5) is 0 Å². The standard InChI is InChI=1S/C20H23N3O3/c1-12-18-15(3-2-4-17(18)24)22-19(12)20(25)23-16-11-26-10-14(16)9-13-5-7-21-8-6-13/h5-8,14,16,22H,2-4,9-11H2,1H3,(H,23,25)/t14-,16-/m1/s1. The average molecular weight is 353 g/mol. The number of ether oxygens (including phenoxy) is 1. The Bertz CT molecular complexity index is 828. The molecule has 1 aliphatic heterocycles. The maximum absolute atomic E-state index is 12.8. The number of rotatable bonds is 4. The second-order valence-electron chi connectivity index (χ2n) is 7.19. The fourth-order valence-electron chi connectivity index (χ4n) is 4.02. The minimum absolute atomic E-state index is 0.0360. The van der Waals surface area contributed by atoms with Gasteiger partial charge in [-0.2, -0.15) is 0 Å². The average Bonchev–Trinajstić information content (AvgIpc) is 3.21. The number of pyridine rings is 1. The number of aromatic amines is 1. The van der Waals surface area contributed by atoms with E-state index in [1.165, 1.54) is 5.56 Å². The lowest BCUT2D eigenvalue weighted by Crippen LogP contribution is -2.41. The van der Waals surface area contributed by atoms with Crippen LogP contribution >= 0.6 is 0 Å². The lowest BCUT2D eigenvalue weighted by Gasteiger charge is -2.19. The first-order valence-corrected chi connectivity index (χ1v) is 9.15. The highest BCUT2D eigenvalue weighted by Crippen LogP contribution is 2.27. The molecule has 0 spiro atoms. The molecule has 4 rings (SSSR count). The van der Waals surface area contributed by atoms with Gasteiger partial charge >= 0.3 is 0 Å². The van der Waals surface area contributed by atoms with E-state index in [9.17, 15) is 9.59 Å². The summed E-state index contributed by atoms with van der Waals surface area (Å²) in [6.45, 7) is 3.00. The van der Waals surface area contributed by atoms with E-state index in [1.807, 2.05) is 19.1 Å². The van der Waals surface area contributed by atoms with Crippen molar-refractivity contribution in [2.45, 2.75) is 38.6 Å². The van der Waals surface area contributed by atoms with Crippen LogP contribution in [0.15, 0.2) is 24.5 Å². The predicted octanol–water partition coefficient (Wildman–Crippen LogP) is 2.22. The number of amides is 1. The second kappa shape index (κ2) is 7.03. The minimum Gasteiger partial charge on any atom is -0.379 e. The summed E-state index contributed by atoms with van der Waals surface area (Å²) in [6.07, 6.45) is 6.64. The minimum atomic E-state index is -0.153. The molecule has 1 fully saturated rings. The Balaban J connectivity index is 1.48. The van der Waals surface area contributed by atoms with Crippen LogP contribution < -0.4 is 5.32 Å². The Hall–Kier alpha value is -2.47. The highest BCUT2D eigenvalue weighted by Gasteiger charge is 2.32. The monoisotopic (exact) mass is 353 g/mol. The first kappa shape index (κ1) is 17.0. The van der Waals surface area contributed by atoms with Crippen molar-refractivity contribution in [1.82, 2.24) is 15.3 Å². The highest BCUT2D eigenvalue weighted by molar-refractivity contribution is 6.04. The lowest BCUT2D eigenvalue weighted by atomic mass is 9.93. The Morgan fingerprint density at radius 1 is 1.31 bits per heavy atom. The van der Waals surface area contributed by atoms with Gasteiger partial charge in [-0.25, -0.2) is 0 Å². The fraction of sp³-hybridized carbons (Fsp3) is 0.450. The van der Waals surface area contributed by atoms with Crippen LogP contribution in [-0.4, -0.2) is 40.9 Å². The third-order valence-corrected chi connectivity index (χ3v) is 5.43. The van der Waals surface area contributed by atoms with Gasteiger partial charge in [0, 0.05) is 36.0 Å². The van der Waals surface area contributed by atoms with Crippen molar-refractivity contribution in [3.8, 4) is 0 Å². The van der Waals surface area contributed by atoms with Crippen LogP contribution in [0.2, 0.25) is 0 Å². The molecule has 2 N–H and O–H groups in total. The molecule has 0 bridgehead atoms. The van der Waals surface area contributed by atoms with E-state index in [-0.39, 0.29) is 23.7 Å². The van der Waals surface area contributed by atoms with Crippen molar-refractivity contribution < 1.29 is 14.3 Å². The van der Waals surface area contributed by atoms with Gasteiger partial charge < -0.3 is 15.0 Å². The maximum Gasteiger partial charge on any atom is 0.268 e. The molecule has 1 saturated heterocycles. The number of carbonyl (C=O) groups is 2. The van der Waals surface area contributed by atoms with Crippen LogP contribution in [-0.2, 0) is 17.6 Å². The number of nitrogens with zero attached hydrogens (tertiary/aromatic N) is 1. The molecule has 1 aliphatic carbocycles. The number of H-pyrrole nitrogens is 1. The summed E-state index contributed by atoms with van der Waals surface area (Å²) in [4.78, 5) is 32.2. The number of carbonyl (C=O) groups excluding carboxylic acids is 2. The molecule has 2 atom stereocenters. The van der Waals surface area contributed by atoms with Crippen molar-refractivity contribution in [3.63, 3.8) is 0 Å². The van der Waals surface area contributed by atoms with E-state index in [1.54, 1.807) is 12.4 Å². The van der Waals surface area contributed by atoms with Gasteiger partial charge in [0.15, 0.2) is 5.78 Å². The Morgan fingerprint density at radius 2 is 2.12 bits per heavy atom. The molecule has 26 heavy (non-hydrogen) atoms. The van der Waals surface area contributed by atoms with Crippen LogP contribution in [0.3, 0.4) is 0 Å². The van der Waals surface area contributed by atoms with Crippen molar-refractivity contribution in [3.05, 3.63) is 52.6 Å². The van der Waals surface area contributed by atoms with E-state index in [4.69, 9.17) is 4.74 Å². The topological polar surface area (TPSA) is 84.1 Å². The predicted molar refractivity (Wildman–Crippen MR) is 96.3 cm³/mol. The smallest absolute Gasteiger partial charge is 0.268 e. The molecule has 0 saturated carbocycles. The molecular formula is C20H23N3O3. The molecule has 1 amide bonds. The van der Waals surface area contributed by atoms with Gasteiger partial charge in [0.1, 0.15) is 5.69 Å². The van der Waals surface area contributed by atoms with E-state index >= 15 is 0 Å². The van der Waals surface area contributed by atoms with E-state index in [2.05, 4.69) is 15.3 Å². The number of hydrogen-bond donors (Lipinski definition) is 2. The molecule has 2 aliphatic rings. The van der Waals surface area contributed by atoms with Gasteiger partial charge in [-0.05, 0) is 49.4 Å². The maximum atomic E-state index is 12.8. The van der Waals surface area contributed by atoms with Crippen LogP contribution in [0.25, 0.3) is 0 Å². The zero-order chi connectivity index (χ0) is 18.1. The van der Waals surface area contributed by atoms with Crippen LogP contribution in [0.1, 0.15) is 50.5 Å². The lowest BCUT2D eigenvalue weighted by molar-refractivity contribution is 0.0919. The molecule has 3 heterocycles. The number of Topliss-reactive ketones (excluding diaryl/α,β-unsaturated/α-hetero) is 1. The number of aryl methyl sites for hydroxylation is 1. The largest absolute Gasteiger partial charge is 0.379 e. The number of ketones is 1. The highest BCUT2D eigenvalue weighted by atomic mass is 16.5. The zero-order valence-corrected chi connectivity index (χ0v) is 14.9. The summed E-state index contributed by atoms with van der Waals surface area (Å²) in [6, 6.07) is 3.95. The van der Waals surface area contributed by atoms with Crippen molar-refractivity contribution in [2.75, 3.05) is 13.2 Å². The van der Waals surface area contributed by atoms with Crippen molar-refractivity contribution >= 4 is 11.7 Å². The summed E-state index contributed by atoms with van der Waals surface area (Å²) in [7, 11) is 0. The zero-order valence-electron chi connectivity index (χ0n) is 14.9. The normalized spacial score (nSPS) is 22.3. The first-order chi connectivity index (χ1) is 12.6. The van der Waals surface area contributed by atoms with Crippen molar-refractivity contribution in [1.29, 1.82) is 0 Å². The van der Waals surface area contributed by atoms with Crippen LogP contribution in [0, 0.1) is 12.8 Å². The van der Waals surface area contributed by atoms with Crippen molar-refractivity contribution in [2.24, 2.45) is 5.92 Å². The van der Waals surface area contributed by atoms with Gasteiger partial charge in [0.05, 0.1) is 19.3 Å². The molecule has 2 aromatic rings. The Labute approximate surface area is 152 Å². The molecule has 6 heteroatoms. The third-order valence-electron chi connectivity index (χ3n) is 5.43. The third kappa shape index (κ3) is 3.17. The molecular weight excluding hydrogens is 330 g/mol. The summed E-state index contributed by atoms with van der Waals surface area (Å²) < 4.78 is 5.61. The SMILES string of the molecule is Cc1c(C(=O)N[C@@H]2COC[C@H]2Cc2ccncc2)[nH]c2c1C(=O)CCC2. The van der Waals surface area contributed by atoms with Gasteiger partial charge in [-0.15, -0.1) is 0 Å². The molecule has 0 radical (unpaired) electrons.